The van der Waals surface area contributed by atoms with Gasteiger partial charge in [-0.05, 0) is 42.5 Å². The number of amides is 2. The molecule has 0 saturated carbocycles. The van der Waals surface area contributed by atoms with Gasteiger partial charge in [-0.3, -0.25) is 9.59 Å². The van der Waals surface area contributed by atoms with E-state index < -0.39 is 0 Å². The van der Waals surface area contributed by atoms with Crippen molar-refractivity contribution in [3.05, 3.63) is 71.5 Å². The average Bonchev–Trinajstić information content (AvgIpc) is 2.69. The number of carbonyl (C=O) groups is 2. The second-order valence-electron chi connectivity index (χ2n) is 6.99. The molecular weight excluding hydrogens is 343 g/mol. The number of hydrogen-bond acceptors (Lipinski definition) is 2. The van der Waals surface area contributed by atoms with Gasteiger partial charge in [0.25, 0.3) is 0 Å². The van der Waals surface area contributed by atoms with Crippen LogP contribution in [0.2, 0.25) is 0 Å². The lowest BCUT2D eigenvalue weighted by Crippen LogP contribution is -2.43. The monoisotopic (exact) mass is 368 g/mol. The van der Waals surface area contributed by atoms with Crippen molar-refractivity contribution in [2.24, 2.45) is 5.92 Å². The molecule has 3 rings (SSSR count). The Morgan fingerprint density at radius 3 is 2.41 bits per heavy atom. The van der Waals surface area contributed by atoms with Crippen LogP contribution in [0.25, 0.3) is 0 Å². The van der Waals surface area contributed by atoms with E-state index in [1.54, 1.807) is 17.0 Å². The number of benzene rings is 2. The summed E-state index contributed by atoms with van der Waals surface area (Å²) >= 11 is 0. The molecule has 2 aromatic carbocycles. The normalized spacial score (nSPS) is 14.8. The van der Waals surface area contributed by atoms with Crippen LogP contribution < -0.4 is 5.32 Å². The summed E-state index contributed by atoms with van der Waals surface area (Å²) in [5.41, 5.74) is 1.89. The van der Waals surface area contributed by atoms with Gasteiger partial charge in [-0.25, -0.2) is 4.39 Å². The predicted octanol–water partition coefficient (Wildman–Crippen LogP) is 2.97. The van der Waals surface area contributed by atoms with E-state index in [-0.39, 0.29) is 30.0 Å². The predicted molar refractivity (Wildman–Crippen MR) is 103 cm³/mol. The van der Waals surface area contributed by atoms with Crippen molar-refractivity contribution in [3.63, 3.8) is 0 Å². The van der Waals surface area contributed by atoms with Crippen molar-refractivity contribution in [1.29, 1.82) is 0 Å². The van der Waals surface area contributed by atoms with E-state index in [2.05, 4.69) is 17.4 Å². The molecule has 27 heavy (non-hydrogen) atoms. The highest BCUT2D eigenvalue weighted by molar-refractivity contribution is 5.81. The SMILES string of the molecule is O=C(NCCc1ccccc1)C1CCN(C(=O)Cc2cccc(F)c2)CC1. The molecule has 0 unspecified atom stereocenters. The first kappa shape index (κ1) is 19.1. The van der Waals surface area contributed by atoms with Crippen LogP contribution in [0.4, 0.5) is 4.39 Å². The van der Waals surface area contributed by atoms with Gasteiger partial charge in [-0.15, -0.1) is 0 Å². The number of piperidine rings is 1. The van der Waals surface area contributed by atoms with Gasteiger partial charge in [0.15, 0.2) is 0 Å². The van der Waals surface area contributed by atoms with Crippen LogP contribution in [0.5, 0.6) is 0 Å². The minimum Gasteiger partial charge on any atom is -0.356 e. The van der Waals surface area contributed by atoms with Gasteiger partial charge >= 0.3 is 0 Å². The highest BCUT2D eigenvalue weighted by Crippen LogP contribution is 2.18. The quantitative estimate of drug-likeness (QED) is 0.852. The van der Waals surface area contributed by atoms with Crippen LogP contribution in [0.1, 0.15) is 24.0 Å². The van der Waals surface area contributed by atoms with Gasteiger partial charge in [0.2, 0.25) is 11.8 Å². The van der Waals surface area contributed by atoms with E-state index in [1.807, 2.05) is 18.2 Å². The van der Waals surface area contributed by atoms with Crippen molar-refractivity contribution in [2.45, 2.75) is 25.7 Å². The van der Waals surface area contributed by atoms with Crippen molar-refractivity contribution < 1.29 is 14.0 Å². The number of rotatable bonds is 6. The third-order valence-electron chi connectivity index (χ3n) is 5.02. The Labute approximate surface area is 159 Å². The van der Waals surface area contributed by atoms with E-state index in [0.29, 0.717) is 38.0 Å². The number of halogens is 1. The molecule has 1 heterocycles. The van der Waals surface area contributed by atoms with Crippen LogP contribution in [0.3, 0.4) is 0 Å². The molecule has 0 aromatic heterocycles. The Morgan fingerprint density at radius 2 is 1.70 bits per heavy atom. The van der Waals surface area contributed by atoms with Crippen molar-refractivity contribution >= 4 is 11.8 Å². The first-order chi connectivity index (χ1) is 13.1. The van der Waals surface area contributed by atoms with E-state index in [1.165, 1.54) is 17.7 Å². The molecule has 0 bridgehead atoms. The van der Waals surface area contributed by atoms with Gasteiger partial charge in [0.05, 0.1) is 6.42 Å². The minimum absolute atomic E-state index is 0.0106. The van der Waals surface area contributed by atoms with Crippen LogP contribution >= 0.6 is 0 Å². The zero-order chi connectivity index (χ0) is 19.1. The highest BCUT2D eigenvalue weighted by atomic mass is 19.1. The molecule has 1 saturated heterocycles. The molecule has 2 aromatic rings. The van der Waals surface area contributed by atoms with Gasteiger partial charge in [0, 0.05) is 25.6 Å². The number of nitrogens with one attached hydrogen (secondary N) is 1. The molecule has 142 valence electrons. The summed E-state index contributed by atoms with van der Waals surface area (Å²) < 4.78 is 13.2. The largest absolute Gasteiger partial charge is 0.356 e. The summed E-state index contributed by atoms with van der Waals surface area (Å²) in [5.74, 6) is -0.308. The van der Waals surface area contributed by atoms with Crippen molar-refractivity contribution in [2.75, 3.05) is 19.6 Å². The molecule has 4 nitrogen and oxygen atoms in total. The van der Waals surface area contributed by atoms with Gasteiger partial charge in [-0.1, -0.05) is 42.5 Å². The molecule has 0 radical (unpaired) electrons. The van der Waals surface area contributed by atoms with Gasteiger partial charge in [0.1, 0.15) is 5.82 Å². The molecule has 1 N–H and O–H groups in total. The Morgan fingerprint density at radius 1 is 1.00 bits per heavy atom. The lowest BCUT2D eigenvalue weighted by molar-refractivity contribution is -0.135. The fourth-order valence-corrected chi connectivity index (χ4v) is 3.44. The number of nitrogens with zero attached hydrogens (tertiary/aromatic N) is 1. The molecule has 2 amide bonds. The third kappa shape index (κ3) is 5.64. The zero-order valence-electron chi connectivity index (χ0n) is 15.4. The third-order valence-corrected chi connectivity index (χ3v) is 5.02. The van der Waals surface area contributed by atoms with Gasteiger partial charge in [-0.2, -0.15) is 0 Å². The fourth-order valence-electron chi connectivity index (χ4n) is 3.44. The van der Waals surface area contributed by atoms with E-state index in [4.69, 9.17) is 0 Å². The van der Waals surface area contributed by atoms with E-state index in [9.17, 15) is 14.0 Å². The fraction of sp³-hybridized carbons (Fsp3) is 0.364. The first-order valence-corrected chi connectivity index (χ1v) is 9.45. The maximum absolute atomic E-state index is 13.2. The summed E-state index contributed by atoms with van der Waals surface area (Å²) in [7, 11) is 0. The Balaban J connectivity index is 1.40. The minimum atomic E-state index is -0.328. The summed E-state index contributed by atoms with van der Waals surface area (Å²) in [6, 6.07) is 16.2. The molecule has 0 atom stereocenters. The summed E-state index contributed by atoms with van der Waals surface area (Å²) in [6.07, 6.45) is 2.36. The van der Waals surface area contributed by atoms with Crippen LogP contribution in [0.15, 0.2) is 54.6 Å². The Kier molecular flexibility index (Phi) is 6.58. The maximum Gasteiger partial charge on any atom is 0.226 e. The molecule has 1 fully saturated rings. The number of hydrogen-bond donors (Lipinski definition) is 1. The second-order valence-corrected chi connectivity index (χ2v) is 6.99. The average molecular weight is 368 g/mol. The summed E-state index contributed by atoms with van der Waals surface area (Å²) in [4.78, 5) is 26.5. The van der Waals surface area contributed by atoms with Gasteiger partial charge < -0.3 is 10.2 Å². The number of likely N-dealkylation sites (tertiary alicyclic amines) is 1. The van der Waals surface area contributed by atoms with Crippen LogP contribution in [0, 0.1) is 11.7 Å². The smallest absolute Gasteiger partial charge is 0.226 e. The lowest BCUT2D eigenvalue weighted by atomic mass is 9.95. The maximum atomic E-state index is 13.2. The summed E-state index contributed by atoms with van der Waals surface area (Å²) in [5, 5.41) is 3.01. The highest BCUT2D eigenvalue weighted by Gasteiger charge is 2.27. The second kappa shape index (κ2) is 9.31. The lowest BCUT2D eigenvalue weighted by Gasteiger charge is -2.31. The Hall–Kier alpha value is -2.69. The molecule has 0 aliphatic carbocycles. The zero-order valence-corrected chi connectivity index (χ0v) is 15.4. The standard InChI is InChI=1S/C22H25FN2O2/c23-20-8-4-7-18(15-20)16-21(26)25-13-10-19(11-14-25)22(27)24-12-9-17-5-2-1-3-6-17/h1-8,15,19H,9-14,16H2,(H,24,27). The number of carbonyl (C=O) groups excluding carboxylic acids is 2. The molecule has 1 aliphatic rings. The topological polar surface area (TPSA) is 49.4 Å². The van der Waals surface area contributed by atoms with E-state index >= 15 is 0 Å². The van der Waals surface area contributed by atoms with Crippen molar-refractivity contribution in [1.82, 2.24) is 10.2 Å². The molecule has 5 heteroatoms. The first-order valence-electron chi connectivity index (χ1n) is 9.45. The molecular formula is C22H25FN2O2. The van der Waals surface area contributed by atoms with Crippen LogP contribution in [-0.4, -0.2) is 36.3 Å². The van der Waals surface area contributed by atoms with E-state index in [0.717, 1.165) is 6.42 Å². The van der Waals surface area contributed by atoms with Crippen molar-refractivity contribution in [3.8, 4) is 0 Å². The van der Waals surface area contributed by atoms with Crippen LogP contribution in [-0.2, 0) is 22.4 Å². The summed E-state index contributed by atoms with van der Waals surface area (Å²) in [6.45, 7) is 1.78. The molecule has 1 aliphatic heterocycles. The molecule has 0 spiro atoms. The Bertz CT molecular complexity index is 771.